The molecular weight excluding hydrogens is 733 g/mol. The highest BCUT2D eigenvalue weighted by molar-refractivity contribution is 7.26. The Bertz CT molecular complexity index is 3260. The van der Waals surface area contributed by atoms with E-state index in [1.165, 1.54) is 75.8 Å². The van der Waals surface area contributed by atoms with Gasteiger partial charge in [-0.25, -0.2) is 9.97 Å². The zero-order chi connectivity index (χ0) is 39.3. The molecule has 8 aromatic carbocycles. The first-order valence-corrected chi connectivity index (χ1v) is 21.2. The normalized spacial score (nSPS) is 14.2. The predicted molar refractivity (Wildman–Crippen MR) is 246 cm³/mol. The molecule has 12 rings (SSSR count). The first-order valence-electron chi connectivity index (χ1n) is 20.4. The molecule has 0 saturated carbocycles. The summed E-state index contributed by atoms with van der Waals surface area (Å²) in [5.74, 6) is 0.724. The van der Waals surface area contributed by atoms with Gasteiger partial charge in [0.25, 0.3) is 0 Å². The molecule has 0 spiro atoms. The molecule has 0 unspecified atom stereocenters. The van der Waals surface area contributed by atoms with Crippen molar-refractivity contribution >= 4 is 31.5 Å². The number of fused-ring (bicyclic) bond motifs is 9. The van der Waals surface area contributed by atoms with Crippen molar-refractivity contribution in [3.63, 3.8) is 0 Å². The van der Waals surface area contributed by atoms with Gasteiger partial charge in [-0.05, 0) is 67.8 Å². The zero-order valence-electron chi connectivity index (χ0n) is 32.8. The van der Waals surface area contributed by atoms with Gasteiger partial charge in [-0.1, -0.05) is 196 Å². The summed E-state index contributed by atoms with van der Waals surface area (Å²) >= 11 is 1.84. The highest BCUT2D eigenvalue weighted by Gasteiger charge is 2.47. The van der Waals surface area contributed by atoms with Crippen molar-refractivity contribution in [2.45, 2.75) is 24.7 Å². The molecule has 2 nitrogen and oxygen atoms in total. The summed E-state index contributed by atoms with van der Waals surface area (Å²) in [6, 6.07) is 71.0. The molecule has 10 aromatic rings. The summed E-state index contributed by atoms with van der Waals surface area (Å²) in [4.78, 5) is 11.3. The lowest BCUT2D eigenvalue weighted by atomic mass is 9.67. The maximum Gasteiger partial charge on any atom is 0.161 e. The third-order valence-electron chi connectivity index (χ3n) is 13.0. The summed E-state index contributed by atoms with van der Waals surface area (Å²) in [5.41, 5.74) is 17.1. The second-order valence-electron chi connectivity index (χ2n) is 16.4. The van der Waals surface area contributed by atoms with Gasteiger partial charge >= 0.3 is 0 Å². The number of benzene rings is 8. The zero-order valence-corrected chi connectivity index (χ0v) is 33.6. The molecule has 0 saturated heterocycles. The fourth-order valence-corrected chi connectivity index (χ4v) is 11.7. The molecule has 2 aliphatic carbocycles. The van der Waals surface area contributed by atoms with Crippen LogP contribution in [0.3, 0.4) is 0 Å². The van der Waals surface area contributed by atoms with Crippen LogP contribution in [0.5, 0.6) is 0 Å². The number of nitrogens with zero attached hydrogens (tertiary/aromatic N) is 2. The molecule has 0 N–H and O–H groups in total. The van der Waals surface area contributed by atoms with E-state index < -0.39 is 5.41 Å². The molecule has 278 valence electrons. The molecule has 0 amide bonds. The first kappa shape index (κ1) is 34.1. The third kappa shape index (κ3) is 4.80. The predicted octanol–water partition coefficient (Wildman–Crippen LogP) is 14.5. The second kappa shape index (κ2) is 12.8. The Hall–Kier alpha value is -6.94. The van der Waals surface area contributed by atoms with Crippen molar-refractivity contribution < 1.29 is 0 Å². The Morgan fingerprint density at radius 2 is 0.881 bits per heavy atom. The molecule has 0 bridgehead atoms. The number of thiophene rings is 1. The van der Waals surface area contributed by atoms with Crippen LogP contribution in [0.4, 0.5) is 0 Å². The van der Waals surface area contributed by atoms with E-state index in [1.54, 1.807) is 0 Å². The number of rotatable bonds is 5. The largest absolute Gasteiger partial charge is 0.228 e. The third-order valence-corrected chi connectivity index (χ3v) is 14.2. The number of hydrogen-bond acceptors (Lipinski definition) is 3. The van der Waals surface area contributed by atoms with Gasteiger partial charge in [0.1, 0.15) is 0 Å². The Morgan fingerprint density at radius 1 is 0.390 bits per heavy atom. The minimum Gasteiger partial charge on any atom is -0.228 e. The van der Waals surface area contributed by atoms with Gasteiger partial charge in [-0.2, -0.15) is 0 Å². The molecule has 0 atom stereocenters. The molecule has 0 aliphatic heterocycles. The van der Waals surface area contributed by atoms with E-state index in [9.17, 15) is 0 Å². The summed E-state index contributed by atoms with van der Waals surface area (Å²) in [7, 11) is 0. The maximum atomic E-state index is 5.66. The van der Waals surface area contributed by atoms with Crippen LogP contribution in [0.15, 0.2) is 194 Å². The van der Waals surface area contributed by atoms with Gasteiger partial charge in [-0.3, -0.25) is 0 Å². The van der Waals surface area contributed by atoms with E-state index in [0.29, 0.717) is 0 Å². The van der Waals surface area contributed by atoms with Gasteiger partial charge in [0, 0.05) is 42.3 Å². The molecule has 2 heterocycles. The molecule has 59 heavy (non-hydrogen) atoms. The van der Waals surface area contributed by atoms with Crippen LogP contribution in [0.2, 0.25) is 0 Å². The van der Waals surface area contributed by atoms with Crippen LogP contribution >= 0.6 is 11.3 Å². The molecule has 0 fully saturated rings. The molecule has 0 radical (unpaired) electrons. The fraction of sp³-hybridized carbons (Fsp3) is 0.0714. The van der Waals surface area contributed by atoms with E-state index in [1.807, 2.05) is 11.3 Å². The topological polar surface area (TPSA) is 25.8 Å². The van der Waals surface area contributed by atoms with E-state index in [2.05, 4.69) is 208 Å². The number of hydrogen-bond donors (Lipinski definition) is 0. The standard InChI is InChI=1S/C56H38N2S/c1-55(2)44-29-12-9-23-39(44)51-41(26-16-31-46(51)55)48-34-49(42-27-15-25-38-37-22-11-14-33-50(37)59-53(38)42)58-54(57-48)43-28-17-32-47-52(43)40-24-10-13-30-45(40)56(47,35-18-5-3-6-19-35)36-20-7-4-8-21-36/h3-34H,1-2H3. The first-order chi connectivity index (χ1) is 29.0. The van der Waals surface area contributed by atoms with Crippen molar-refractivity contribution in [2.24, 2.45) is 0 Å². The summed E-state index contributed by atoms with van der Waals surface area (Å²) in [5, 5.41) is 2.53. The van der Waals surface area contributed by atoms with Crippen molar-refractivity contribution in [1.82, 2.24) is 9.97 Å². The fourth-order valence-electron chi connectivity index (χ4n) is 10.4. The Labute approximate surface area is 348 Å². The molecule has 2 aromatic heterocycles. The van der Waals surface area contributed by atoms with Gasteiger partial charge in [0.05, 0.1) is 16.8 Å². The second-order valence-corrected chi connectivity index (χ2v) is 17.4. The van der Waals surface area contributed by atoms with Crippen molar-refractivity contribution in [1.29, 1.82) is 0 Å². The van der Waals surface area contributed by atoms with Crippen LogP contribution < -0.4 is 0 Å². The Kier molecular flexibility index (Phi) is 7.39. The van der Waals surface area contributed by atoms with Gasteiger partial charge in [0.2, 0.25) is 0 Å². The maximum absolute atomic E-state index is 5.66. The minimum absolute atomic E-state index is 0.133. The van der Waals surface area contributed by atoms with Crippen LogP contribution in [0.1, 0.15) is 47.2 Å². The van der Waals surface area contributed by atoms with Crippen molar-refractivity contribution in [2.75, 3.05) is 0 Å². The molecular formula is C56H38N2S. The number of aromatic nitrogens is 2. The molecule has 2 aliphatic rings. The lowest BCUT2D eigenvalue weighted by Gasteiger charge is -2.33. The quantitative estimate of drug-likeness (QED) is 0.174. The van der Waals surface area contributed by atoms with Crippen LogP contribution in [-0.2, 0) is 10.8 Å². The lowest BCUT2D eigenvalue weighted by molar-refractivity contribution is 0.660. The van der Waals surface area contributed by atoms with Crippen LogP contribution in [0, 0.1) is 0 Å². The Balaban J connectivity index is 1.18. The van der Waals surface area contributed by atoms with Crippen molar-refractivity contribution in [3.05, 3.63) is 228 Å². The lowest BCUT2D eigenvalue weighted by Crippen LogP contribution is -2.28. The highest BCUT2D eigenvalue weighted by Crippen LogP contribution is 2.58. The average Bonchev–Trinajstić information content (AvgIpc) is 3.91. The minimum atomic E-state index is -0.525. The molecule has 3 heteroatoms. The van der Waals surface area contributed by atoms with E-state index in [4.69, 9.17) is 9.97 Å². The van der Waals surface area contributed by atoms with E-state index in [0.717, 1.165) is 33.9 Å². The highest BCUT2D eigenvalue weighted by atomic mass is 32.1. The van der Waals surface area contributed by atoms with Crippen LogP contribution in [0.25, 0.3) is 76.3 Å². The SMILES string of the molecule is CC1(C)c2ccccc2-c2c(-c3cc(-c4cccc5c4sc4ccccc45)nc(-c4cccc5c4-c4ccccc4C5(c4ccccc4)c4ccccc4)n3)cccc21. The Morgan fingerprint density at radius 3 is 1.63 bits per heavy atom. The van der Waals surface area contributed by atoms with Gasteiger partial charge < -0.3 is 0 Å². The van der Waals surface area contributed by atoms with Crippen molar-refractivity contribution in [3.8, 4) is 56.2 Å². The van der Waals surface area contributed by atoms with Gasteiger partial charge in [0.15, 0.2) is 5.82 Å². The van der Waals surface area contributed by atoms with E-state index in [-0.39, 0.29) is 5.41 Å². The smallest absolute Gasteiger partial charge is 0.161 e. The summed E-state index contributed by atoms with van der Waals surface area (Å²) < 4.78 is 2.52. The van der Waals surface area contributed by atoms with Crippen LogP contribution in [-0.4, -0.2) is 9.97 Å². The van der Waals surface area contributed by atoms with Gasteiger partial charge in [-0.15, -0.1) is 11.3 Å². The van der Waals surface area contributed by atoms with E-state index >= 15 is 0 Å². The average molecular weight is 771 g/mol. The monoisotopic (exact) mass is 770 g/mol. The summed E-state index contributed by atoms with van der Waals surface area (Å²) in [6.45, 7) is 4.69. The summed E-state index contributed by atoms with van der Waals surface area (Å²) in [6.07, 6.45) is 0.